The molecule has 0 saturated carbocycles. The number of nitrogens with zero attached hydrogens (tertiary/aromatic N) is 2. The summed E-state index contributed by atoms with van der Waals surface area (Å²) in [6, 6.07) is 0. The van der Waals surface area contributed by atoms with Crippen LogP contribution in [0.3, 0.4) is 0 Å². The Kier molecular flexibility index (Phi) is 8.82. The molecular weight excluding hydrogens is 387 g/mol. The summed E-state index contributed by atoms with van der Waals surface area (Å²) in [4.78, 5) is 28.0. The number of hydrogen-bond acceptors (Lipinski definition) is 4. The van der Waals surface area contributed by atoms with E-state index in [1.807, 2.05) is 0 Å². The van der Waals surface area contributed by atoms with E-state index in [4.69, 9.17) is 4.74 Å². The molecule has 158 valence electrons. The Morgan fingerprint density at radius 2 is 1.93 bits per heavy atom. The number of carbonyl (C=O) groups is 2. The lowest BCUT2D eigenvalue weighted by Crippen LogP contribution is -2.58. The van der Waals surface area contributed by atoms with Gasteiger partial charge in [0.25, 0.3) is 5.91 Å². The van der Waals surface area contributed by atoms with E-state index < -0.39 is 30.1 Å². The van der Waals surface area contributed by atoms with E-state index in [0.29, 0.717) is 45.3 Å². The van der Waals surface area contributed by atoms with E-state index in [-0.39, 0.29) is 31.4 Å². The molecule has 2 heterocycles. The third kappa shape index (κ3) is 5.96. The van der Waals surface area contributed by atoms with Crippen LogP contribution in [-0.2, 0) is 14.3 Å². The normalized spacial score (nSPS) is 22.7. The summed E-state index contributed by atoms with van der Waals surface area (Å²) < 4.78 is 43.6. The average Bonchev–Trinajstić information content (AvgIpc) is 2.64. The molecule has 0 aromatic heterocycles. The van der Waals surface area contributed by atoms with Crippen molar-refractivity contribution in [1.82, 2.24) is 15.1 Å². The number of carbonyl (C=O) groups excluding carboxylic acids is 2. The van der Waals surface area contributed by atoms with Gasteiger partial charge in [-0.2, -0.15) is 13.2 Å². The van der Waals surface area contributed by atoms with Gasteiger partial charge in [-0.1, -0.05) is 0 Å². The number of amides is 2. The van der Waals surface area contributed by atoms with Crippen molar-refractivity contribution in [2.45, 2.75) is 44.4 Å². The number of likely N-dealkylation sites (tertiary alicyclic amines) is 1. The van der Waals surface area contributed by atoms with Crippen LogP contribution in [0.5, 0.6) is 0 Å². The second-order valence-corrected chi connectivity index (χ2v) is 7.01. The Labute approximate surface area is 164 Å². The molecule has 2 saturated heterocycles. The van der Waals surface area contributed by atoms with Gasteiger partial charge in [-0.05, 0) is 45.7 Å². The van der Waals surface area contributed by atoms with Crippen molar-refractivity contribution in [3.8, 4) is 0 Å². The molecule has 6 nitrogen and oxygen atoms in total. The molecule has 0 bridgehead atoms. The number of methoxy groups -OCH3 is 1. The van der Waals surface area contributed by atoms with Crippen LogP contribution in [0.2, 0.25) is 0 Å². The van der Waals surface area contributed by atoms with Crippen molar-refractivity contribution in [2.75, 3.05) is 46.4 Å². The van der Waals surface area contributed by atoms with E-state index in [1.54, 1.807) is 4.90 Å². The van der Waals surface area contributed by atoms with Crippen LogP contribution in [0.4, 0.5) is 13.2 Å². The summed E-state index contributed by atoms with van der Waals surface area (Å²) in [5.41, 5.74) is -0.896. The molecule has 1 atom stereocenters. The molecule has 0 aliphatic carbocycles. The molecular formula is C17H29ClF3N3O3. The lowest BCUT2D eigenvalue weighted by molar-refractivity contribution is -0.168. The van der Waals surface area contributed by atoms with Gasteiger partial charge in [-0.15, -0.1) is 12.4 Å². The summed E-state index contributed by atoms with van der Waals surface area (Å²) >= 11 is 0. The van der Waals surface area contributed by atoms with E-state index >= 15 is 0 Å². The van der Waals surface area contributed by atoms with Crippen molar-refractivity contribution < 1.29 is 27.5 Å². The van der Waals surface area contributed by atoms with Crippen LogP contribution in [0.25, 0.3) is 0 Å². The Hall–Kier alpha value is -1.06. The second kappa shape index (κ2) is 9.93. The first kappa shape index (κ1) is 24.0. The molecule has 0 spiro atoms. The molecule has 1 N–H and O–H groups in total. The summed E-state index contributed by atoms with van der Waals surface area (Å²) in [5.74, 6) is -1.28. The van der Waals surface area contributed by atoms with E-state index in [2.05, 4.69) is 5.32 Å². The van der Waals surface area contributed by atoms with E-state index in [0.717, 1.165) is 4.90 Å². The third-order valence-electron chi connectivity index (χ3n) is 5.31. The quantitative estimate of drug-likeness (QED) is 0.744. The van der Waals surface area contributed by atoms with Crippen LogP contribution >= 0.6 is 12.4 Å². The highest BCUT2D eigenvalue weighted by molar-refractivity contribution is 5.87. The summed E-state index contributed by atoms with van der Waals surface area (Å²) in [7, 11) is 1.51. The summed E-state index contributed by atoms with van der Waals surface area (Å²) in [6.45, 7) is 2.29. The molecule has 27 heavy (non-hydrogen) atoms. The number of alkyl halides is 3. The second-order valence-electron chi connectivity index (χ2n) is 7.01. The molecule has 0 aromatic carbocycles. The topological polar surface area (TPSA) is 61.9 Å². The zero-order chi connectivity index (χ0) is 19.4. The summed E-state index contributed by atoms with van der Waals surface area (Å²) in [5, 5.41) is 3.18. The smallest absolute Gasteiger partial charge is 0.368 e. The SMILES string of the molecule is CCN(CC(F)(F)F)C(=O)C1CCCN(C(=O)C2(OC)CCNCC2)C1.Cl. The van der Waals surface area contributed by atoms with Gasteiger partial charge in [-0.25, -0.2) is 0 Å². The monoisotopic (exact) mass is 415 g/mol. The van der Waals surface area contributed by atoms with Gasteiger partial charge in [0.1, 0.15) is 12.1 Å². The highest BCUT2D eigenvalue weighted by atomic mass is 35.5. The number of rotatable bonds is 5. The lowest BCUT2D eigenvalue weighted by Gasteiger charge is -2.42. The molecule has 2 aliphatic heterocycles. The minimum Gasteiger partial charge on any atom is -0.368 e. The number of hydrogen-bond donors (Lipinski definition) is 1. The zero-order valence-electron chi connectivity index (χ0n) is 15.8. The predicted molar refractivity (Wildman–Crippen MR) is 96.7 cm³/mol. The number of piperidine rings is 2. The Bertz CT molecular complexity index is 513. The lowest BCUT2D eigenvalue weighted by atomic mass is 9.88. The molecule has 0 aromatic rings. The molecule has 2 aliphatic rings. The van der Waals surface area contributed by atoms with E-state index in [9.17, 15) is 22.8 Å². The van der Waals surface area contributed by atoms with Crippen molar-refractivity contribution in [2.24, 2.45) is 5.92 Å². The number of nitrogens with one attached hydrogen (secondary N) is 1. The summed E-state index contributed by atoms with van der Waals surface area (Å²) in [6.07, 6.45) is -2.23. The van der Waals surface area contributed by atoms with E-state index in [1.165, 1.54) is 14.0 Å². The fourth-order valence-corrected chi connectivity index (χ4v) is 3.81. The molecule has 2 fully saturated rings. The molecule has 1 unspecified atom stereocenters. The van der Waals surface area contributed by atoms with Crippen LogP contribution in [0, 0.1) is 5.92 Å². The maximum absolute atomic E-state index is 13.0. The predicted octanol–water partition coefficient (Wildman–Crippen LogP) is 1.83. The van der Waals surface area contributed by atoms with Crippen molar-refractivity contribution in [1.29, 1.82) is 0 Å². The van der Waals surface area contributed by atoms with Crippen LogP contribution in [0.15, 0.2) is 0 Å². The fraction of sp³-hybridized carbons (Fsp3) is 0.882. The Morgan fingerprint density at radius 3 is 2.44 bits per heavy atom. The van der Waals surface area contributed by atoms with Crippen LogP contribution in [-0.4, -0.2) is 79.8 Å². The van der Waals surface area contributed by atoms with Gasteiger partial charge < -0.3 is 19.9 Å². The number of ether oxygens (including phenoxy) is 1. The van der Waals surface area contributed by atoms with Crippen molar-refractivity contribution in [3.05, 3.63) is 0 Å². The Morgan fingerprint density at radius 1 is 1.30 bits per heavy atom. The minimum atomic E-state index is -4.43. The molecule has 2 rings (SSSR count). The maximum Gasteiger partial charge on any atom is 0.406 e. The highest BCUT2D eigenvalue weighted by Crippen LogP contribution is 2.29. The average molecular weight is 416 g/mol. The van der Waals surface area contributed by atoms with Gasteiger partial charge >= 0.3 is 6.18 Å². The van der Waals surface area contributed by atoms with Crippen LogP contribution in [0.1, 0.15) is 32.6 Å². The first-order chi connectivity index (χ1) is 12.2. The molecule has 10 heteroatoms. The number of halogens is 4. The maximum atomic E-state index is 13.0. The molecule has 2 amide bonds. The van der Waals surface area contributed by atoms with Gasteiger partial charge in [-0.3, -0.25) is 9.59 Å². The largest absolute Gasteiger partial charge is 0.406 e. The van der Waals surface area contributed by atoms with Crippen molar-refractivity contribution in [3.63, 3.8) is 0 Å². The van der Waals surface area contributed by atoms with Gasteiger partial charge in [0, 0.05) is 26.7 Å². The minimum absolute atomic E-state index is 0. The molecule has 0 radical (unpaired) electrons. The standard InChI is InChI=1S/C17H28F3N3O3.ClH/c1-3-22(12-17(18,19)20)14(24)13-5-4-10-23(11-13)15(25)16(26-2)6-8-21-9-7-16;/h13,21H,3-12H2,1-2H3;1H. The van der Waals surface area contributed by atoms with Gasteiger partial charge in [0.15, 0.2) is 0 Å². The highest BCUT2D eigenvalue weighted by Gasteiger charge is 2.44. The Balaban J connectivity index is 0.00000364. The fourth-order valence-electron chi connectivity index (χ4n) is 3.81. The van der Waals surface area contributed by atoms with Crippen LogP contribution < -0.4 is 5.32 Å². The van der Waals surface area contributed by atoms with Gasteiger partial charge in [0.2, 0.25) is 5.91 Å². The zero-order valence-corrected chi connectivity index (χ0v) is 16.6. The van der Waals surface area contributed by atoms with Gasteiger partial charge in [0.05, 0.1) is 5.92 Å². The van der Waals surface area contributed by atoms with Crippen molar-refractivity contribution >= 4 is 24.2 Å². The first-order valence-electron chi connectivity index (χ1n) is 9.13. The first-order valence-corrected chi connectivity index (χ1v) is 9.13. The third-order valence-corrected chi connectivity index (χ3v) is 5.31.